The number of benzene rings is 1. The third-order valence-corrected chi connectivity index (χ3v) is 3.44. The molecule has 1 heterocycles. The van der Waals surface area contributed by atoms with Crippen LogP contribution in [0.5, 0.6) is 0 Å². The van der Waals surface area contributed by atoms with Crippen molar-refractivity contribution in [3.05, 3.63) is 29.8 Å². The van der Waals surface area contributed by atoms with Crippen LogP contribution < -0.4 is 4.90 Å². The third kappa shape index (κ3) is 3.16. The van der Waals surface area contributed by atoms with Gasteiger partial charge in [0.2, 0.25) is 0 Å². The van der Waals surface area contributed by atoms with Gasteiger partial charge in [-0.3, -0.25) is 4.79 Å². The molecule has 0 bridgehead atoms. The molecule has 3 nitrogen and oxygen atoms in total. The number of hydrogen-bond acceptors (Lipinski definition) is 3. The SMILES string of the molecule is CCC(=O)c1ccccc1N1CC(C)OC(C)(C)C1. The van der Waals surface area contributed by atoms with Gasteiger partial charge in [-0.2, -0.15) is 0 Å². The summed E-state index contributed by atoms with van der Waals surface area (Å²) in [5.41, 5.74) is 1.69. The fourth-order valence-electron chi connectivity index (χ4n) is 2.81. The van der Waals surface area contributed by atoms with E-state index in [0.29, 0.717) is 6.42 Å². The second-order valence-corrected chi connectivity index (χ2v) is 5.86. The molecule has 0 aromatic heterocycles. The van der Waals surface area contributed by atoms with Gasteiger partial charge in [0.15, 0.2) is 5.78 Å². The van der Waals surface area contributed by atoms with E-state index in [-0.39, 0.29) is 17.5 Å². The summed E-state index contributed by atoms with van der Waals surface area (Å²) in [5, 5.41) is 0. The van der Waals surface area contributed by atoms with Crippen LogP contribution in [-0.2, 0) is 4.74 Å². The summed E-state index contributed by atoms with van der Waals surface area (Å²) < 4.78 is 5.93. The normalized spacial score (nSPS) is 22.3. The van der Waals surface area contributed by atoms with Gasteiger partial charge in [0, 0.05) is 30.8 Å². The van der Waals surface area contributed by atoms with E-state index in [4.69, 9.17) is 4.74 Å². The number of morpholine rings is 1. The van der Waals surface area contributed by atoms with Crippen molar-refractivity contribution in [1.29, 1.82) is 0 Å². The number of hydrogen-bond donors (Lipinski definition) is 0. The molecule has 1 atom stereocenters. The highest BCUT2D eigenvalue weighted by molar-refractivity contribution is 6.01. The lowest BCUT2D eigenvalue weighted by Gasteiger charge is -2.43. The van der Waals surface area contributed by atoms with Crippen molar-refractivity contribution in [3.63, 3.8) is 0 Å². The van der Waals surface area contributed by atoms with Crippen molar-refractivity contribution in [2.45, 2.75) is 45.8 Å². The number of rotatable bonds is 3. The number of ketones is 1. The minimum absolute atomic E-state index is 0.175. The maximum atomic E-state index is 12.1. The van der Waals surface area contributed by atoms with E-state index in [9.17, 15) is 4.79 Å². The summed E-state index contributed by atoms with van der Waals surface area (Å²) in [6.45, 7) is 9.83. The number of nitrogens with zero attached hydrogens (tertiary/aromatic N) is 1. The largest absolute Gasteiger partial charge is 0.369 e. The standard InChI is InChI=1S/C16H23NO2/c1-5-15(18)13-8-6-7-9-14(13)17-10-12(2)19-16(3,4)11-17/h6-9,12H,5,10-11H2,1-4H3. The molecule has 3 heteroatoms. The summed E-state index contributed by atoms with van der Waals surface area (Å²) in [5.74, 6) is 0.201. The Morgan fingerprint density at radius 2 is 2.11 bits per heavy atom. The molecule has 0 amide bonds. The second kappa shape index (κ2) is 5.33. The van der Waals surface area contributed by atoms with Gasteiger partial charge >= 0.3 is 0 Å². The molecule has 1 aliphatic heterocycles. The van der Waals surface area contributed by atoms with Gasteiger partial charge in [-0.15, -0.1) is 0 Å². The van der Waals surface area contributed by atoms with Gasteiger partial charge in [-0.25, -0.2) is 0 Å². The highest BCUT2D eigenvalue weighted by atomic mass is 16.5. The first-order valence-electron chi connectivity index (χ1n) is 6.98. The number of ether oxygens (including phenoxy) is 1. The zero-order valence-electron chi connectivity index (χ0n) is 12.3. The van der Waals surface area contributed by atoms with Gasteiger partial charge in [0.1, 0.15) is 0 Å². The van der Waals surface area contributed by atoms with E-state index >= 15 is 0 Å². The zero-order valence-corrected chi connectivity index (χ0v) is 12.3. The highest BCUT2D eigenvalue weighted by Gasteiger charge is 2.32. The lowest BCUT2D eigenvalue weighted by Crippen LogP contribution is -2.52. The van der Waals surface area contributed by atoms with Crippen LogP contribution in [0.2, 0.25) is 0 Å². The lowest BCUT2D eigenvalue weighted by molar-refractivity contribution is -0.0750. The number of carbonyl (C=O) groups is 1. The topological polar surface area (TPSA) is 29.5 Å². The van der Waals surface area contributed by atoms with E-state index < -0.39 is 0 Å². The van der Waals surface area contributed by atoms with E-state index in [1.165, 1.54) is 0 Å². The Morgan fingerprint density at radius 1 is 1.42 bits per heavy atom. The summed E-state index contributed by atoms with van der Waals surface area (Å²) in [6, 6.07) is 7.89. The molecule has 0 saturated carbocycles. The van der Waals surface area contributed by atoms with Crippen LogP contribution in [0, 0.1) is 0 Å². The van der Waals surface area contributed by atoms with Crippen LogP contribution in [0.25, 0.3) is 0 Å². The maximum Gasteiger partial charge on any atom is 0.164 e. The summed E-state index contributed by atoms with van der Waals surface area (Å²) >= 11 is 0. The summed E-state index contributed by atoms with van der Waals surface area (Å²) in [4.78, 5) is 14.3. The molecular formula is C16H23NO2. The van der Waals surface area contributed by atoms with Gasteiger partial charge < -0.3 is 9.64 Å². The zero-order chi connectivity index (χ0) is 14.0. The molecule has 1 aliphatic rings. The van der Waals surface area contributed by atoms with Crippen LogP contribution in [0.15, 0.2) is 24.3 Å². The number of Topliss-reactive ketones (excluding diaryl/α,β-unsaturated/α-hetero) is 1. The quantitative estimate of drug-likeness (QED) is 0.782. The Labute approximate surface area is 115 Å². The second-order valence-electron chi connectivity index (χ2n) is 5.86. The van der Waals surface area contributed by atoms with Crippen molar-refractivity contribution in [3.8, 4) is 0 Å². The van der Waals surface area contributed by atoms with Crippen molar-refractivity contribution in [2.75, 3.05) is 18.0 Å². The van der Waals surface area contributed by atoms with Crippen molar-refractivity contribution < 1.29 is 9.53 Å². The van der Waals surface area contributed by atoms with Crippen LogP contribution in [0.4, 0.5) is 5.69 Å². The molecule has 1 unspecified atom stereocenters. The number of para-hydroxylation sites is 1. The Balaban J connectivity index is 2.33. The van der Waals surface area contributed by atoms with Crippen molar-refractivity contribution in [2.24, 2.45) is 0 Å². The lowest BCUT2D eigenvalue weighted by atomic mass is 10.0. The molecule has 1 aromatic carbocycles. The minimum Gasteiger partial charge on any atom is -0.369 e. The van der Waals surface area contributed by atoms with Crippen molar-refractivity contribution in [1.82, 2.24) is 0 Å². The van der Waals surface area contributed by atoms with Gasteiger partial charge in [0.05, 0.1) is 11.7 Å². The first kappa shape index (κ1) is 14.1. The summed E-state index contributed by atoms with van der Waals surface area (Å²) in [7, 11) is 0. The molecule has 1 aromatic rings. The average molecular weight is 261 g/mol. The van der Waals surface area contributed by atoms with Gasteiger partial charge in [-0.1, -0.05) is 19.1 Å². The van der Waals surface area contributed by atoms with E-state index in [1.54, 1.807) is 0 Å². The molecular weight excluding hydrogens is 238 g/mol. The Morgan fingerprint density at radius 3 is 2.74 bits per heavy atom. The fourth-order valence-corrected chi connectivity index (χ4v) is 2.81. The Kier molecular flexibility index (Phi) is 3.95. The minimum atomic E-state index is -0.181. The first-order valence-corrected chi connectivity index (χ1v) is 6.98. The molecule has 0 N–H and O–H groups in total. The average Bonchev–Trinajstić information content (AvgIpc) is 2.35. The number of anilines is 1. The van der Waals surface area contributed by atoms with Crippen LogP contribution in [0.3, 0.4) is 0 Å². The predicted octanol–water partition coefficient (Wildman–Crippen LogP) is 3.28. The predicted molar refractivity (Wildman–Crippen MR) is 77.9 cm³/mol. The fraction of sp³-hybridized carbons (Fsp3) is 0.562. The van der Waals surface area contributed by atoms with Gasteiger partial charge in [-0.05, 0) is 32.9 Å². The molecule has 0 radical (unpaired) electrons. The van der Waals surface area contributed by atoms with E-state index in [2.05, 4.69) is 25.7 Å². The highest BCUT2D eigenvalue weighted by Crippen LogP contribution is 2.29. The van der Waals surface area contributed by atoms with E-state index in [0.717, 1.165) is 24.3 Å². The Hall–Kier alpha value is -1.35. The molecule has 0 aliphatic carbocycles. The molecule has 0 spiro atoms. The summed E-state index contributed by atoms with van der Waals surface area (Å²) in [6.07, 6.45) is 0.717. The third-order valence-electron chi connectivity index (χ3n) is 3.44. The molecule has 1 saturated heterocycles. The van der Waals surface area contributed by atoms with Crippen LogP contribution >= 0.6 is 0 Å². The smallest absolute Gasteiger partial charge is 0.164 e. The van der Waals surface area contributed by atoms with Crippen molar-refractivity contribution >= 4 is 11.5 Å². The molecule has 1 fully saturated rings. The van der Waals surface area contributed by atoms with Gasteiger partial charge in [0.25, 0.3) is 0 Å². The first-order chi connectivity index (χ1) is 8.93. The van der Waals surface area contributed by atoms with Crippen LogP contribution in [0.1, 0.15) is 44.5 Å². The molecule has 104 valence electrons. The monoisotopic (exact) mass is 261 g/mol. The maximum absolute atomic E-state index is 12.1. The Bertz CT molecular complexity index is 468. The molecule has 2 rings (SSSR count). The van der Waals surface area contributed by atoms with Crippen LogP contribution in [-0.4, -0.2) is 30.6 Å². The van der Waals surface area contributed by atoms with E-state index in [1.807, 2.05) is 31.2 Å². The molecule has 19 heavy (non-hydrogen) atoms. The number of carbonyl (C=O) groups excluding carboxylic acids is 1.